The Kier molecular flexibility index (Phi) is 4.50. The summed E-state index contributed by atoms with van der Waals surface area (Å²) < 4.78 is 5.83. The van der Waals surface area contributed by atoms with E-state index >= 15 is 0 Å². The molecule has 2 heterocycles. The number of halogens is 1. The first-order valence-electron chi connectivity index (χ1n) is 8.76. The molecule has 1 amide bonds. The summed E-state index contributed by atoms with van der Waals surface area (Å²) in [6, 6.07) is 12.0. The van der Waals surface area contributed by atoms with E-state index < -0.39 is 6.04 Å². The number of nitrogens with zero attached hydrogens (tertiary/aromatic N) is 1. The number of hydrogen-bond acceptors (Lipinski definition) is 4. The predicted octanol–water partition coefficient (Wildman–Crippen LogP) is 3.68. The Bertz CT molecular complexity index is 1090. The van der Waals surface area contributed by atoms with Gasteiger partial charge in [0, 0.05) is 18.2 Å². The molecule has 0 aliphatic carbocycles. The van der Waals surface area contributed by atoms with Crippen molar-refractivity contribution in [3.05, 3.63) is 80.2 Å². The number of amides is 1. The zero-order valence-corrected chi connectivity index (χ0v) is 15.5. The molecule has 0 spiro atoms. The second-order valence-corrected chi connectivity index (χ2v) is 7.14. The van der Waals surface area contributed by atoms with Gasteiger partial charge in [-0.25, -0.2) is 0 Å². The minimum absolute atomic E-state index is 0.0420. The second kappa shape index (κ2) is 6.83. The molecular weight excluding hydrogens is 366 g/mol. The molecule has 138 valence electrons. The molecule has 0 saturated heterocycles. The highest BCUT2D eigenvalue weighted by atomic mass is 35.5. The quantitative estimate of drug-likeness (QED) is 0.746. The smallest absolute Gasteiger partial charge is 0.290 e. The van der Waals surface area contributed by atoms with Gasteiger partial charge in [0.2, 0.25) is 5.76 Å². The number of benzene rings is 2. The molecule has 1 atom stereocenters. The topological polar surface area (TPSA) is 70.8 Å². The fraction of sp³-hybridized carbons (Fsp3) is 0.238. The molecule has 0 radical (unpaired) electrons. The van der Waals surface area contributed by atoms with Gasteiger partial charge in [-0.05, 0) is 37.1 Å². The lowest BCUT2D eigenvalue weighted by Crippen LogP contribution is -2.31. The summed E-state index contributed by atoms with van der Waals surface area (Å²) in [6.45, 7) is 2.26. The van der Waals surface area contributed by atoms with Crippen LogP contribution in [-0.2, 0) is 0 Å². The first-order chi connectivity index (χ1) is 13.0. The number of hydrogen-bond donors (Lipinski definition) is 1. The summed E-state index contributed by atoms with van der Waals surface area (Å²) in [7, 11) is 0. The predicted molar refractivity (Wildman–Crippen MR) is 103 cm³/mol. The molecule has 3 aromatic rings. The molecule has 1 unspecified atom stereocenters. The van der Waals surface area contributed by atoms with Crippen LogP contribution in [0.1, 0.15) is 39.7 Å². The summed E-state index contributed by atoms with van der Waals surface area (Å²) in [5, 5.41) is 10.0. The van der Waals surface area contributed by atoms with Crippen molar-refractivity contribution >= 4 is 28.5 Å². The Morgan fingerprint density at radius 2 is 1.89 bits per heavy atom. The Morgan fingerprint density at radius 3 is 2.59 bits per heavy atom. The number of fused-ring (bicyclic) bond motifs is 2. The highest BCUT2D eigenvalue weighted by Crippen LogP contribution is 2.38. The van der Waals surface area contributed by atoms with Crippen molar-refractivity contribution in [3.8, 4) is 0 Å². The van der Waals surface area contributed by atoms with E-state index in [1.807, 2.05) is 31.2 Å². The largest absolute Gasteiger partial charge is 0.450 e. The fourth-order valence-corrected chi connectivity index (χ4v) is 3.73. The molecule has 1 aliphatic rings. The van der Waals surface area contributed by atoms with Gasteiger partial charge in [-0.15, -0.1) is 0 Å². The number of carbonyl (C=O) groups is 1. The van der Waals surface area contributed by atoms with Gasteiger partial charge in [0.25, 0.3) is 5.91 Å². The average molecular weight is 384 g/mol. The van der Waals surface area contributed by atoms with Crippen LogP contribution in [0.4, 0.5) is 0 Å². The van der Waals surface area contributed by atoms with E-state index in [1.54, 1.807) is 23.1 Å². The molecular formula is C21H18ClNO4. The van der Waals surface area contributed by atoms with Crippen LogP contribution in [0.15, 0.2) is 51.7 Å². The Labute approximate surface area is 160 Å². The van der Waals surface area contributed by atoms with Crippen LogP contribution < -0.4 is 5.43 Å². The Hall–Kier alpha value is -2.63. The van der Waals surface area contributed by atoms with Crippen LogP contribution in [0.5, 0.6) is 0 Å². The van der Waals surface area contributed by atoms with E-state index in [1.165, 1.54) is 0 Å². The summed E-state index contributed by atoms with van der Waals surface area (Å²) in [5.41, 5.74) is 2.33. The lowest BCUT2D eigenvalue weighted by atomic mass is 9.97. The van der Waals surface area contributed by atoms with Crippen molar-refractivity contribution in [2.75, 3.05) is 13.2 Å². The second-order valence-electron chi connectivity index (χ2n) is 6.70. The van der Waals surface area contributed by atoms with Crippen molar-refractivity contribution in [1.29, 1.82) is 0 Å². The summed E-state index contributed by atoms with van der Waals surface area (Å²) >= 11 is 6.05. The minimum atomic E-state index is -0.542. The fourth-order valence-electron chi connectivity index (χ4n) is 3.56. The van der Waals surface area contributed by atoms with Gasteiger partial charge in [0.15, 0.2) is 5.43 Å². The van der Waals surface area contributed by atoms with Crippen LogP contribution in [-0.4, -0.2) is 29.1 Å². The number of carbonyl (C=O) groups excluding carboxylic acids is 1. The third-order valence-corrected chi connectivity index (χ3v) is 5.11. The Balaban J connectivity index is 1.97. The van der Waals surface area contributed by atoms with Crippen LogP contribution in [0.25, 0.3) is 11.0 Å². The van der Waals surface area contributed by atoms with E-state index in [-0.39, 0.29) is 23.7 Å². The third kappa shape index (κ3) is 2.93. The van der Waals surface area contributed by atoms with Crippen LogP contribution >= 0.6 is 11.6 Å². The average Bonchev–Trinajstić information content (AvgIpc) is 2.94. The first kappa shape index (κ1) is 17.8. The zero-order chi connectivity index (χ0) is 19.1. The van der Waals surface area contributed by atoms with Crippen molar-refractivity contribution in [2.24, 2.45) is 0 Å². The maximum atomic E-state index is 13.2. The van der Waals surface area contributed by atoms with Crippen molar-refractivity contribution in [3.63, 3.8) is 0 Å². The monoisotopic (exact) mass is 383 g/mol. The van der Waals surface area contributed by atoms with Gasteiger partial charge in [-0.2, -0.15) is 0 Å². The molecule has 0 bridgehead atoms. The highest BCUT2D eigenvalue weighted by Gasteiger charge is 2.42. The van der Waals surface area contributed by atoms with Crippen molar-refractivity contribution < 1.29 is 14.3 Å². The lowest BCUT2D eigenvalue weighted by molar-refractivity contribution is 0.0716. The zero-order valence-electron chi connectivity index (χ0n) is 14.7. The van der Waals surface area contributed by atoms with E-state index in [2.05, 4.69) is 0 Å². The lowest BCUT2D eigenvalue weighted by Gasteiger charge is -2.25. The molecule has 6 heteroatoms. The summed E-state index contributed by atoms with van der Waals surface area (Å²) in [5.74, 6) is -0.267. The number of rotatable bonds is 4. The van der Waals surface area contributed by atoms with Crippen LogP contribution in [0.3, 0.4) is 0 Å². The molecule has 1 aliphatic heterocycles. The molecule has 0 saturated carbocycles. The first-order valence-corrected chi connectivity index (χ1v) is 9.13. The third-order valence-electron chi connectivity index (χ3n) is 4.88. The maximum absolute atomic E-state index is 13.2. The minimum Gasteiger partial charge on any atom is -0.450 e. The molecule has 2 aromatic carbocycles. The number of aryl methyl sites for hydroxylation is 1. The highest BCUT2D eigenvalue weighted by molar-refractivity contribution is 6.31. The molecule has 4 rings (SSSR count). The molecule has 1 N–H and O–H groups in total. The summed E-state index contributed by atoms with van der Waals surface area (Å²) in [6.07, 6.45) is 0.418. The normalized spacial score (nSPS) is 16.2. The van der Waals surface area contributed by atoms with E-state index in [0.29, 0.717) is 34.5 Å². The van der Waals surface area contributed by atoms with Gasteiger partial charge < -0.3 is 14.4 Å². The van der Waals surface area contributed by atoms with Gasteiger partial charge in [0.05, 0.1) is 17.0 Å². The van der Waals surface area contributed by atoms with Crippen molar-refractivity contribution in [2.45, 2.75) is 19.4 Å². The van der Waals surface area contributed by atoms with Gasteiger partial charge in [-0.1, -0.05) is 41.4 Å². The Morgan fingerprint density at radius 1 is 1.15 bits per heavy atom. The molecule has 5 nitrogen and oxygen atoms in total. The molecule has 1 aromatic heterocycles. The van der Waals surface area contributed by atoms with Gasteiger partial charge in [-0.3, -0.25) is 9.59 Å². The standard InChI is InChI=1S/C21H18ClNO4/c1-12-3-5-13(6-4-12)18-17-19(25)15-11-14(22)7-8-16(15)27-20(17)21(26)23(18)9-2-10-24/h3-8,11,18,24H,2,9-10H2,1H3. The van der Waals surface area contributed by atoms with E-state index in [0.717, 1.165) is 11.1 Å². The van der Waals surface area contributed by atoms with Gasteiger partial charge in [0.1, 0.15) is 5.58 Å². The molecule has 27 heavy (non-hydrogen) atoms. The molecule has 0 fully saturated rings. The number of aliphatic hydroxyl groups excluding tert-OH is 1. The van der Waals surface area contributed by atoms with E-state index in [9.17, 15) is 14.7 Å². The van der Waals surface area contributed by atoms with Crippen LogP contribution in [0.2, 0.25) is 5.02 Å². The van der Waals surface area contributed by atoms with Gasteiger partial charge >= 0.3 is 0 Å². The summed E-state index contributed by atoms with van der Waals surface area (Å²) in [4.78, 5) is 27.8. The number of aliphatic hydroxyl groups is 1. The van der Waals surface area contributed by atoms with E-state index in [4.69, 9.17) is 16.0 Å². The van der Waals surface area contributed by atoms with Crippen LogP contribution in [0, 0.1) is 6.92 Å². The van der Waals surface area contributed by atoms with Crippen molar-refractivity contribution in [1.82, 2.24) is 4.90 Å². The SMILES string of the molecule is Cc1ccc(C2c3c(oc4ccc(Cl)cc4c3=O)C(=O)N2CCCO)cc1. The maximum Gasteiger partial charge on any atom is 0.290 e.